The average Bonchev–Trinajstić information content (AvgIpc) is 3.14. The van der Waals surface area contributed by atoms with Crippen LogP contribution in [0.3, 0.4) is 0 Å². The zero-order valence-electron chi connectivity index (χ0n) is 12.5. The summed E-state index contributed by atoms with van der Waals surface area (Å²) in [7, 11) is 2.01. The SMILES string of the molecule is Cn1cccc1CN(C(=O)c1cc2ccccc2o1)C1CC1. The lowest BCUT2D eigenvalue weighted by molar-refractivity contribution is 0.0696. The van der Waals surface area contributed by atoms with Crippen LogP contribution in [0.2, 0.25) is 0 Å². The van der Waals surface area contributed by atoms with Crippen molar-refractivity contribution in [3.05, 3.63) is 60.1 Å². The maximum atomic E-state index is 12.9. The molecule has 0 N–H and O–H groups in total. The topological polar surface area (TPSA) is 38.4 Å². The van der Waals surface area contributed by atoms with Crippen molar-refractivity contribution in [1.29, 1.82) is 0 Å². The molecule has 0 bridgehead atoms. The molecule has 4 rings (SSSR count). The van der Waals surface area contributed by atoms with E-state index in [4.69, 9.17) is 4.42 Å². The molecule has 0 atom stereocenters. The molecule has 1 aliphatic carbocycles. The normalized spacial score (nSPS) is 14.4. The molecule has 112 valence electrons. The Bertz CT molecular complexity index is 793. The summed E-state index contributed by atoms with van der Waals surface area (Å²) in [5.41, 5.74) is 1.90. The molecular weight excluding hydrogens is 276 g/mol. The molecule has 1 aromatic carbocycles. The van der Waals surface area contributed by atoms with Crippen LogP contribution in [0.25, 0.3) is 11.0 Å². The van der Waals surface area contributed by atoms with E-state index in [1.54, 1.807) is 0 Å². The Morgan fingerprint density at radius 3 is 2.77 bits per heavy atom. The Balaban J connectivity index is 1.64. The van der Waals surface area contributed by atoms with Gasteiger partial charge in [-0.2, -0.15) is 0 Å². The summed E-state index contributed by atoms with van der Waals surface area (Å²) in [6.07, 6.45) is 4.17. The second-order valence-electron chi connectivity index (χ2n) is 5.92. The number of benzene rings is 1. The largest absolute Gasteiger partial charge is 0.451 e. The van der Waals surface area contributed by atoms with Crippen LogP contribution in [-0.2, 0) is 13.6 Å². The summed E-state index contributed by atoms with van der Waals surface area (Å²) < 4.78 is 7.80. The highest BCUT2D eigenvalue weighted by Crippen LogP contribution is 2.31. The van der Waals surface area contributed by atoms with Gasteiger partial charge in [0.1, 0.15) is 5.58 Å². The van der Waals surface area contributed by atoms with Gasteiger partial charge in [-0.15, -0.1) is 0 Å². The van der Waals surface area contributed by atoms with Crippen LogP contribution in [0, 0.1) is 0 Å². The summed E-state index contributed by atoms with van der Waals surface area (Å²) in [4.78, 5) is 14.8. The third-order valence-corrected chi connectivity index (χ3v) is 4.27. The highest BCUT2D eigenvalue weighted by Gasteiger charge is 2.34. The number of hydrogen-bond donors (Lipinski definition) is 0. The minimum atomic E-state index is -0.0140. The lowest BCUT2D eigenvalue weighted by atomic mass is 10.2. The van der Waals surface area contributed by atoms with Crippen molar-refractivity contribution in [1.82, 2.24) is 9.47 Å². The van der Waals surface area contributed by atoms with Gasteiger partial charge in [0.2, 0.25) is 0 Å². The molecule has 4 heteroatoms. The van der Waals surface area contributed by atoms with Crippen LogP contribution >= 0.6 is 0 Å². The second-order valence-corrected chi connectivity index (χ2v) is 5.92. The van der Waals surface area contributed by atoms with Gasteiger partial charge in [0, 0.05) is 30.4 Å². The fourth-order valence-electron chi connectivity index (χ4n) is 2.82. The molecule has 2 heterocycles. The first kappa shape index (κ1) is 13.2. The van der Waals surface area contributed by atoms with Gasteiger partial charge >= 0.3 is 0 Å². The van der Waals surface area contributed by atoms with Crippen LogP contribution in [0.5, 0.6) is 0 Å². The predicted octanol–water partition coefficient (Wildman–Crippen LogP) is 3.58. The Hall–Kier alpha value is -2.49. The predicted molar refractivity (Wildman–Crippen MR) is 84.5 cm³/mol. The molecule has 1 fully saturated rings. The van der Waals surface area contributed by atoms with E-state index in [1.807, 2.05) is 54.5 Å². The van der Waals surface area contributed by atoms with Gasteiger partial charge in [-0.05, 0) is 37.1 Å². The number of nitrogens with zero attached hydrogens (tertiary/aromatic N) is 2. The number of furan rings is 1. The van der Waals surface area contributed by atoms with Gasteiger partial charge in [-0.3, -0.25) is 4.79 Å². The monoisotopic (exact) mass is 294 g/mol. The summed E-state index contributed by atoms with van der Waals surface area (Å²) in [6.45, 7) is 0.629. The average molecular weight is 294 g/mol. The van der Waals surface area contributed by atoms with Gasteiger partial charge in [-0.1, -0.05) is 18.2 Å². The van der Waals surface area contributed by atoms with Crippen molar-refractivity contribution in [3.8, 4) is 0 Å². The molecule has 1 aliphatic rings. The van der Waals surface area contributed by atoms with Crippen molar-refractivity contribution in [2.75, 3.05) is 0 Å². The highest BCUT2D eigenvalue weighted by atomic mass is 16.3. The van der Waals surface area contributed by atoms with E-state index >= 15 is 0 Å². The minimum Gasteiger partial charge on any atom is -0.451 e. The second kappa shape index (κ2) is 5.05. The summed E-state index contributed by atoms with van der Waals surface area (Å²) in [6, 6.07) is 14.0. The van der Waals surface area contributed by atoms with Crippen molar-refractivity contribution >= 4 is 16.9 Å². The Morgan fingerprint density at radius 1 is 1.27 bits per heavy atom. The molecule has 1 saturated carbocycles. The van der Waals surface area contributed by atoms with E-state index in [9.17, 15) is 4.79 Å². The standard InChI is InChI=1S/C18H18N2O2/c1-19-10-4-6-15(19)12-20(14-8-9-14)18(21)17-11-13-5-2-3-7-16(13)22-17/h2-7,10-11,14H,8-9,12H2,1H3. The van der Waals surface area contributed by atoms with Gasteiger partial charge in [0.25, 0.3) is 5.91 Å². The smallest absolute Gasteiger partial charge is 0.290 e. The van der Waals surface area contributed by atoms with Gasteiger partial charge in [0.15, 0.2) is 5.76 Å². The van der Waals surface area contributed by atoms with E-state index in [0.29, 0.717) is 18.3 Å². The Kier molecular flexibility index (Phi) is 3.03. The zero-order chi connectivity index (χ0) is 15.1. The number of aromatic nitrogens is 1. The van der Waals surface area contributed by atoms with E-state index in [-0.39, 0.29) is 5.91 Å². The number of para-hydroxylation sites is 1. The number of amides is 1. The van der Waals surface area contributed by atoms with Crippen molar-refractivity contribution in [2.45, 2.75) is 25.4 Å². The first-order valence-electron chi connectivity index (χ1n) is 7.62. The molecule has 0 unspecified atom stereocenters. The Morgan fingerprint density at radius 2 is 2.09 bits per heavy atom. The first-order chi connectivity index (χ1) is 10.7. The number of rotatable bonds is 4. The number of carbonyl (C=O) groups excluding carboxylic acids is 1. The fraction of sp³-hybridized carbons (Fsp3) is 0.278. The summed E-state index contributed by atoms with van der Waals surface area (Å²) in [5.74, 6) is 0.419. The fourth-order valence-corrected chi connectivity index (χ4v) is 2.82. The quantitative estimate of drug-likeness (QED) is 0.737. The van der Waals surface area contributed by atoms with Crippen LogP contribution in [0.15, 0.2) is 53.1 Å². The molecule has 4 nitrogen and oxygen atoms in total. The molecular formula is C18H18N2O2. The number of hydrogen-bond acceptors (Lipinski definition) is 2. The van der Waals surface area contributed by atoms with E-state index in [2.05, 4.69) is 10.6 Å². The van der Waals surface area contributed by atoms with Crippen LogP contribution < -0.4 is 0 Å². The van der Waals surface area contributed by atoms with Crippen molar-refractivity contribution in [3.63, 3.8) is 0 Å². The Labute approximate surface area is 128 Å². The third kappa shape index (κ3) is 2.30. The minimum absolute atomic E-state index is 0.0140. The lowest BCUT2D eigenvalue weighted by Gasteiger charge is -2.21. The van der Waals surface area contributed by atoms with Crippen LogP contribution in [-0.4, -0.2) is 21.4 Å². The molecule has 0 radical (unpaired) electrons. The molecule has 0 saturated heterocycles. The van der Waals surface area contributed by atoms with Crippen molar-refractivity contribution < 1.29 is 9.21 Å². The number of fused-ring (bicyclic) bond motifs is 1. The van der Waals surface area contributed by atoms with E-state index in [0.717, 1.165) is 29.5 Å². The molecule has 1 amide bonds. The zero-order valence-corrected chi connectivity index (χ0v) is 12.5. The molecule has 22 heavy (non-hydrogen) atoms. The summed E-state index contributed by atoms with van der Waals surface area (Å²) >= 11 is 0. The maximum absolute atomic E-state index is 12.9. The van der Waals surface area contributed by atoms with Gasteiger partial charge in [0.05, 0.1) is 6.54 Å². The highest BCUT2D eigenvalue weighted by molar-refractivity contribution is 5.96. The van der Waals surface area contributed by atoms with Crippen LogP contribution in [0.4, 0.5) is 0 Å². The van der Waals surface area contributed by atoms with E-state index < -0.39 is 0 Å². The number of carbonyl (C=O) groups is 1. The lowest BCUT2D eigenvalue weighted by Crippen LogP contribution is -2.33. The molecule has 3 aromatic rings. The molecule has 0 spiro atoms. The first-order valence-corrected chi connectivity index (χ1v) is 7.62. The maximum Gasteiger partial charge on any atom is 0.290 e. The van der Waals surface area contributed by atoms with Gasteiger partial charge < -0.3 is 13.9 Å². The van der Waals surface area contributed by atoms with Crippen molar-refractivity contribution in [2.24, 2.45) is 7.05 Å². The molecule has 0 aliphatic heterocycles. The van der Waals surface area contributed by atoms with Crippen LogP contribution in [0.1, 0.15) is 29.1 Å². The van der Waals surface area contributed by atoms with E-state index in [1.165, 1.54) is 0 Å². The molecule has 2 aromatic heterocycles. The van der Waals surface area contributed by atoms with Gasteiger partial charge in [-0.25, -0.2) is 0 Å². The summed E-state index contributed by atoms with van der Waals surface area (Å²) in [5, 5.41) is 0.973. The third-order valence-electron chi connectivity index (χ3n) is 4.27. The number of aryl methyl sites for hydroxylation is 1.